The lowest BCUT2D eigenvalue weighted by Gasteiger charge is -2.26. The van der Waals surface area contributed by atoms with Gasteiger partial charge in [-0.25, -0.2) is 4.68 Å². The van der Waals surface area contributed by atoms with Gasteiger partial charge in [0.05, 0.1) is 16.9 Å². The fraction of sp³-hybridized carbons (Fsp3) is 0.368. The van der Waals surface area contributed by atoms with E-state index in [2.05, 4.69) is 20.6 Å². The summed E-state index contributed by atoms with van der Waals surface area (Å²) >= 11 is 0. The summed E-state index contributed by atoms with van der Waals surface area (Å²) in [5.74, 6) is -0.174. The first-order valence-corrected chi connectivity index (χ1v) is 8.96. The first kappa shape index (κ1) is 16.7. The molecule has 3 aromatic rings. The number of carbonyl (C=O) groups excluding carboxylic acids is 1. The first-order chi connectivity index (χ1) is 12.6. The number of pyridine rings is 1. The van der Waals surface area contributed by atoms with Gasteiger partial charge in [0.2, 0.25) is 0 Å². The van der Waals surface area contributed by atoms with Crippen LogP contribution >= 0.6 is 0 Å². The Kier molecular flexibility index (Phi) is 4.38. The number of nitrogens with two attached hydrogens (primary N) is 1. The number of fused-ring (bicyclic) bond motifs is 1. The molecular weight excluding hydrogens is 328 g/mol. The van der Waals surface area contributed by atoms with Crippen molar-refractivity contribution in [1.82, 2.24) is 25.3 Å². The van der Waals surface area contributed by atoms with E-state index in [1.54, 1.807) is 10.9 Å². The van der Waals surface area contributed by atoms with Crippen molar-refractivity contribution in [2.24, 2.45) is 5.73 Å². The molecule has 26 heavy (non-hydrogen) atoms. The minimum absolute atomic E-state index is 0.161. The average Bonchev–Trinajstić information content (AvgIpc) is 3.04. The van der Waals surface area contributed by atoms with E-state index < -0.39 is 0 Å². The van der Waals surface area contributed by atoms with Gasteiger partial charge < -0.3 is 11.1 Å². The maximum atomic E-state index is 12.7. The zero-order valence-corrected chi connectivity index (χ0v) is 14.7. The van der Waals surface area contributed by atoms with Crippen molar-refractivity contribution in [3.8, 4) is 5.69 Å². The number of aromatic nitrogens is 4. The van der Waals surface area contributed by atoms with Crippen molar-refractivity contribution >= 4 is 16.8 Å². The molecule has 1 aliphatic carbocycles. The van der Waals surface area contributed by atoms with Crippen LogP contribution in [0.25, 0.3) is 16.6 Å². The maximum absolute atomic E-state index is 12.7. The van der Waals surface area contributed by atoms with Crippen LogP contribution in [0, 0.1) is 6.92 Å². The third-order valence-electron chi connectivity index (χ3n) is 5.07. The SMILES string of the molecule is Cc1c(C(=O)NC2CCC(N)CC2)nnn1-c1cccc2ncccc12. The number of nitrogens with zero attached hydrogens (tertiary/aromatic N) is 4. The second kappa shape index (κ2) is 6.84. The second-order valence-electron chi connectivity index (χ2n) is 6.87. The molecule has 0 aliphatic heterocycles. The Hall–Kier alpha value is -2.80. The van der Waals surface area contributed by atoms with E-state index in [-0.39, 0.29) is 18.0 Å². The number of carbonyl (C=O) groups is 1. The molecule has 3 N–H and O–H groups in total. The van der Waals surface area contributed by atoms with Crippen LogP contribution in [0.1, 0.15) is 41.9 Å². The standard InChI is InChI=1S/C19H22N6O/c1-12-18(19(26)22-14-9-7-13(20)8-10-14)23-24-25(12)17-6-2-5-16-15(17)4-3-11-21-16/h2-6,11,13-14H,7-10,20H2,1H3,(H,22,26). The summed E-state index contributed by atoms with van der Waals surface area (Å²) in [6.45, 7) is 1.86. The van der Waals surface area contributed by atoms with E-state index in [4.69, 9.17) is 5.73 Å². The molecule has 0 spiro atoms. The monoisotopic (exact) mass is 350 g/mol. The van der Waals surface area contributed by atoms with Crippen LogP contribution in [0.2, 0.25) is 0 Å². The highest BCUT2D eigenvalue weighted by molar-refractivity contribution is 5.94. The van der Waals surface area contributed by atoms with Crippen LogP contribution in [0.4, 0.5) is 0 Å². The Labute approximate surface area is 151 Å². The van der Waals surface area contributed by atoms with Crippen LogP contribution in [0.15, 0.2) is 36.5 Å². The van der Waals surface area contributed by atoms with Crippen molar-refractivity contribution in [1.29, 1.82) is 0 Å². The Balaban J connectivity index is 1.61. The lowest BCUT2D eigenvalue weighted by Crippen LogP contribution is -2.40. The van der Waals surface area contributed by atoms with Gasteiger partial charge in [-0.3, -0.25) is 9.78 Å². The van der Waals surface area contributed by atoms with E-state index in [0.29, 0.717) is 11.4 Å². The van der Waals surface area contributed by atoms with Gasteiger partial charge in [-0.1, -0.05) is 11.3 Å². The predicted octanol–water partition coefficient (Wildman–Crippen LogP) is 2.12. The number of hydrogen-bond donors (Lipinski definition) is 2. The van der Waals surface area contributed by atoms with Gasteiger partial charge in [-0.15, -0.1) is 5.10 Å². The molecule has 2 aromatic heterocycles. The highest BCUT2D eigenvalue weighted by Gasteiger charge is 2.24. The van der Waals surface area contributed by atoms with Crippen LogP contribution in [-0.4, -0.2) is 38.0 Å². The third-order valence-corrected chi connectivity index (χ3v) is 5.07. The average molecular weight is 350 g/mol. The largest absolute Gasteiger partial charge is 0.348 e. The van der Waals surface area contributed by atoms with Gasteiger partial charge in [0, 0.05) is 23.7 Å². The molecule has 0 atom stereocenters. The highest BCUT2D eigenvalue weighted by Crippen LogP contribution is 2.22. The molecule has 2 heterocycles. The van der Waals surface area contributed by atoms with E-state index in [1.165, 1.54) is 0 Å². The topological polar surface area (TPSA) is 98.7 Å². The fourth-order valence-corrected chi connectivity index (χ4v) is 3.56. The fourth-order valence-electron chi connectivity index (χ4n) is 3.56. The van der Waals surface area contributed by atoms with Crippen molar-refractivity contribution in [2.45, 2.75) is 44.7 Å². The summed E-state index contributed by atoms with van der Waals surface area (Å²) in [7, 11) is 0. The van der Waals surface area contributed by atoms with E-state index in [9.17, 15) is 4.79 Å². The van der Waals surface area contributed by atoms with Crippen molar-refractivity contribution in [2.75, 3.05) is 0 Å². The summed E-state index contributed by atoms with van der Waals surface area (Å²) < 4.78 is 1.70. The number of amides is 1. The smallest absolute Gasteiger partial charge is 0.273 e. The van der Waals surface area contributed by atoms with Gasteiger partial charge in [0.25, 0.3) is 5.91 Å². The van der Waals surface area contributed by atoms with E-state index >= 15 is 0 Å². The Morgan fingerprint density at radius 3 is 2.81 bits per heavy atom. The molecule has 7 nitrogen and oxygen atoms in total. The summed E-state index contributed by atoms with van der Waals surface area (Å²) in [5, 5.41) is 12.4. The molecule has 0 saturated heterocycles. The Bertz CT molecular complexity index is 937. The normalized spacial score (nSPS) is 20.2. The van der Waals surface area contributed by atoms with Crippen LogP contribution in [0.3, 0.4) is 0 Å². The molecular formula is C19H22N6O. The molecule has 134 valence electrons. The van der Waals surface area contributed by atoms with E-state index in [0.717, 1.165) is 42.3 Å². The van der Waals surface area contributed by atoms with Crippen molar-refractivity contribution in [3.05, 3.63) is 47.9 Å². The third kappa shape index (κ3) is 3.06. The summed E-state index contributed by atoms with van der Waals surface area (Å²) in [4.78, 5) is 17.0. The van der Waals surface area contributed by atoms with Gasteiger partial charge in [-0.05, 0) is 56.9 Å². The number of nitrogens with one attached hydrogen (secondary N) is 1. The molecule has 7 heteroatoms. The van der Waals surface area contributed by atoms with Crippen LogP contribution in [0.5, 0.6) is 0 Å². The zero-order valence-electron chi connectivity index (χ0n) is 14.7. The predicted molar refractivity (Wildman–Crippen MR) is 99.1 cm³/mol. The number of hydrogen-bond acceptors (Lipinski definition) is 5. The van der Waals surface area contributed by atoms with Crippen molar-refractivity contribution in [3.63, 3.8) is 0 Å². The highest BCUT2D eigenvalue weighted by atomic mass is 16.2. The molecule has 0 unspecified atom stereocenters. The summed E-state index contributed by atoms with van der Waals surface area (Å²) in [6, 6.07) is 10.1. The Morgan fingerprint density at radius 2 is 2.00 bits per heavy atom. The van der Waals surface area contributed by atoms with Crippen LogP contribution in [-0.2, 0) is 0 Å². The Morgan fingerprint density at radius 1 is 1.19 bits per heavy atom. The molecule has 4 rings (SSSR count). The van der Waals surface area contributed by atoms with Gasteiger partial charge in [0.15, 0.2) is 5.69 Å². The zero-order chi connectivity index (χ0) is 18.1. The quantitative estimate of drug-likeness (QED) is 0.754. The van der Waals surface area contributed by atoms with Crippen molar-refractivity contribution < 1.29 is 4.79 Å². The molecule has 0 radical (unpaired) electrons. The molecule has 1 fully saturated rings. The van der Waals surface area contributed by atoms with Crippen LogP contribution < -0.4 is 11.1 Å². The first-order valence-electron chi connectivity index (χ1n) is 8.96. The van der Waals surface area contributed by atoms with Gasteiger partial charge in [0.1, 0.15) is 0 Å². The van der Waals surface area contributed by atoms with E-state index in [1.807, 2.05) is 37.3 Å². The summed E-state index contributed by atoms with van der Waals surface area (Å²) in [5.41, 5.74) is 8.75. The molecule has 0 bridgehead atoms. The minimum atomic E-state index is -0.174. The summed E-state index contributed by atoms with van der Waals surface area (Å²) in [6.07, 6.45) is 5.47. The molecule has 1 saturated carbocycles. The van der Waals surface area contributed by atoms with Gasteiger partial charge >= 0.3 is 0 Å². The number of rotatable bonds is 3. The minimum Gasteiger partial charge on any atom is -0.348 e. The number of benzene rings is 1. The lowest BCUT2D eigenvalue weighted by molar-refractivity contribution is 0.0920. The molecule has 1 aromatic carbocycles. The second-order valence-corrected chi connectivity index (χ2v) is 6.87. The maximum Gasteiger partial charge on any atom is 0.273 e. The lowest BCUT2D eigenvalue weighted by atomic mass is 9.92. The van der Waals surface area contributed by atoms with Gasteiger partial charge in [-0.2, -0.15) is 0 Å². The molecule has 1 amide bonds. The molecule has 1 aliphatic rings.